The Balaban J connectivity index is 1.89. The van der Waals surface area contributed by atoms with Gasteiger partial charge in [0.15, 0.2) is 12.4 Å². The molecule has 4 nitrogen and oxygen atoms in total. The largest absolute Gasteiger partial charge is 0.305 e. The van der Waals surface area contributed by atoms with Gasteiger partial charge in [-0.15, -0.1) is 0 Å². The first-order chi connectivity index (χ1) is 9.25. The van der Waals surface area contributed by atoms with Gasteiger partial charge in [-0.2, -0.15) is 9.67 Å². The summed E-state index contributed by atoms with van der Waals surface area (Å²) in [5.41, 5.74) is 4.64. The molecule has 0 aliphatic rings. The predicted octanol–water partition coefficient (Wildman–Crippen LogP) is 1.43. The molecule has 0 saturated carbocycles. The summed E-state index contributed by atoms with van der Waals surface area (Å²) in [6.45, 7) is 2.26. The van der Waals surface area contributed by atoms with E-state index in [1.54, 1.807) is 10.8 Å². The second kappa shape index (κ2) is 6.44. The number of rotatable bonds is 4. The SMILES string of the molecule is Cc1ccccc1C=NNC(=O)C[n+]1ccccc1. The van der Waals surface area contributed by atoms with Gasteiger partial charge in [0.25, 0.3) is 0 Å². The Kier molecular flexibility index (Phi) is 4.39. The molecule has 2 rings (SSSR count). The van der Waals surface area contributed by atoms with E-state index >= 15 is 0 Å². The molecular weight excluding hydrogens is 238 g/mol. The molecule has 0 radical (unpaired) electrons. The van der Waals surface area contributed by atoms with Gasteiger partial charge in [0.1, 0.15) is 0 Å². The smallest absolute Gasteiger partial charge is 0.266 e. The molecule has 0 fully saturated rings. The molecule has 0 aliphatic heterocycles. The van der Waals surface area contributed by atoms with Gasteiger partial charge < -0.3 is 0 Å². The van der Waals surface area contributed by atoms with Crippen LogP contribution in [0.1, 0.15) is 11.1 Å². The number of aromatic nitrogens is 1. The maximum atomic E-state index is 11.6. The third-order valence-electron chi connectivity index (χ3n) is 2.68. The zero-order valence-electron chi connectivity index (χ0n) is 10.8. The van der Waals surface area contributed by atoms with Crippen LogP contribution in [-0.2, 0) is 11.3 Å². The summed E-state index contributed by atoms with van der Waals surface area (Å²) in [5, 5.41) is 3.96. The molecule has 0 saturated heterocycles. The average molecular weight is 254 g/mol. The number of aryl methyl sites for hydroxylation is 1. The summed E-state index contributed by atoms with van der Waals surface area (Å²) in [5.74, 6) is -0.152. The summed E-state index contributed by atoms with van der Waals surface area (Å²) in [6.07, 6.45) is 5.33. The van der Waals surface area contributed by atoms with Gasteiger partial charge >= 0.3 is 5.91 Å². The molecule has 0 spiro atoms. The molecule has 19 heavy (non-hydrogen) atoms. The first-order valence-corrected chi connectivity index (χ1v) is 6.07. The highest BCUT2D eigenvalue weighted by Gasteiger charge is 2.06. The molecule has 0 atom stereocenters. The van der Waals surface area contributed by atoms with Gasteiger partial charge in [-0.3, -0.25) is 4.79 Å². The number of hydrogen-bond acceptors (Lipinski definition) is 2. The van der Waals surface area contributed by atoms with Crippen LogP contribution in [0, 0.1) is 6.92 Å². The number of hydrazone groups is 1. The minimum atomic E-state index is -0.152. The quantitative estimate of drug-likeness (QED) is 0.501. The van der Waals surface area contributed by atoms with Crippen molar-refractivity contribution in [3.05, 3.63) is 66.0 Å². The second-order valence-electron chi connectivity index (χ2n) is 4.20. The lowest BCUT2D eigenvalue weighted by molar-refractivity contribution is -0.684. The summed E-state index contributed by atoms with van der Waals surface area (Å²) in [4.78, 5) is 11.6. The van der Waals surface area contributed by atoms with Crippen molar-refractivity contribution in [2.45, 2.75) is 13.5 Å². The summed E-state index contributed by atoms with van der Waals surface area (Å²) in [7, 11) is 0. The monoisotopic (exact) mass is 254 g/mol. The molecule has 1 heterocycles. The first-order valence-electron chi connectivity index (χ1n) is 6.07. The number of amides is 1. The summed E-state index contributed by atoms with van der Waals surface area (Å²) in [6, 6.07) is 13.5. The lowest BCUT2D eigenvalue weighted by atomic mass is 10.1. The fourth-order valence-corrected chi connectivity index (χ4v) is 1.65. The number of carbonyl (C=O) groups excluding carboxylic acids is 1. The van der Waals surface area contributed by atoms with Crippen LogP contribution in [-0.4, -0.2) is 12.1 Å². The molecule has 0 aliphatic carbocycles. The Labute approximate surface area is 112 Å². The van der Waals surface area contributed by atoms with E-state index in [-0.39, 0.29) is 12.5 Å². The van der Waals surface area contributed by atoms with Crippen LogP contribution < -0.4 is 9.99 Å². The molecule has 1 amide bonds. The van der Waals surface area contributed by atoms with E-state index in [0.717, 1.165) is 11.1 Å². The van der Waals surface area contributed by atoms with Crippen LogP contribution in [0.4, 0.5) is 0 Å². The number of nitrogens with zero attached hydrogens (tertiary/aromatic N) is 2. The van der Waals surface area contributed by atoms with Crippen molar-refractivity contribution in [3.63, 3.8) is 0 Å². The van der Waals surface area contributed by atoms with Crippen molar-refractivity contribution >= 4 is 12.1 Å². The highest BCUT2D eigenvalue weighted by molar-refractivity contribution is 5.83. The molecule has 1 aromatic carbocycles. The van der Waals surface area contributed by atoms with Crippen molar-refractivity contribution in [1.82, 2.24) is 5.43 Å². The number of carbonyl (C=O) groups is 1. The molecule has 1 N–H and O–H groups in total. The second-order valence-corrected chi connectivity index (χ2v) is 4.20. The van der Waals surface area contributed by atoms with E-state index in [1.807, 2.05) is 61.8 Å². The van der Waals surface area contributed by atoms with Gasteiger partial charge in [-0.1, -0.05) is 30.3 Å². The van der Waals surface area contributed by atoms with Gasteiger partial charge in [0.2, 0.25) is 6.54 Å². The van der Waals surface area contributed by atoms with E-state index in [4.69, 9.17) is 0 Å². The third kappa shape index (κ3) is 4.03. The topological polar surface area (TPSA) is 45.3 Å². The van der Waals surface area contributed by atoms with E-state index in [2.05, 4.69) is 10.5 Å². The van der Waals surface area contributed by atoms with E-state index in [1.165, 1.54) is 0 Å². The molecular formula is C15H16N3O+. The van der Waals surface area contributed by atoms with Gasteiger partial charge in [-0.05, 0) is 18.1 Å². The zero-order chi connectivity index (χ0) is 13.5. The van der Waals surface area contributed by atoms with Crippen molar-refractivity contribution < 1.29 is 9.36 Å². The number of benzene rings is 1. The van der Waals surface area contributed by atoms with E-state index < -0.39 is 0 Å². The maximum absolute atomic E-state index is 11.6. The molecule has 1 aromatic heterocycles. The van der Waals surface area contributed by atoms with Crippen LogP contribution in [0.25, 0.3) is 0 Å². The number of hydrogen-bond donors (Lipinski definition) is 1. The van der Waals surface area contributed by atoms with Crippen molar-refractivity contribution in [3.8, 4) is 0 Å². The van der Waals surface area contributed by atoms with E-state index in [0.29, 0.717) is 0 Å². The average Bonchev–Trinajstić information content (AvgIpc) is 2.42. The van der Waals surface area contributed by atoms with Crippen LogP contribution in [0.2, 0.25) is 0 Å². The Morgan fingerprint density at radius 2 is 1.95 bits per heavy atom. The summed E-state index contributed by atoms with van der Waals surface area (Å²) < 4.78 is 1.79. The fourth-order valence-electron chi connectivity index (χ4n) is 1.65. The van der Waals surface area contributed by atoms with Crippen LogP contribution in [0.15, 0.2) is 60.0 Å². The Morgan fingerprint density at radius 1 is 1.21 bits per heavy atom. The molecule has 0 unspecified atom stereocenters. The Hall–Kier alpha value is -2.49. The number of pyridine rings is 1. The van der Waals surface area contributed by atoms with Gasteiger partial charge in [0.05, 0.1) is 6.21 Å². The molecule has 96 valence electrons. The van der Waals surface area contributed by atoms with Crippen molar-refractivity contribution in [2.24, 2.45) is 5.10 Å². The highest BCUT2D eigenvalue weighted by atomic mass is 16.2. The van der Waals surface area contributed by atoms with E-state index in [9.17, 15) is 4.79 Å². The normalized spacial score (nSPS) is 10.6. The Bertz CT molecular complexity index is 579. The van der Waals surface area contributed by atoms with Crippen LogP contribution in [0.5, 0.6) is 0 Å². The standard InChI is InChI=1S/C15H15N3O/c1-13-7-3-4-8-14(13)11-16-17-15(19)12-18-9-5-2-6-10-18/h2-11H,12H2,1H3/p+1. The molecule has 4 heteroatoms. The predicted molar refractivity (Wildman–Crippen MR) is 73.6 cm³/mol. The molecule has 0 bridgehead atoms. The first kappa shape index (κ1) is 13.0. The Morgan fingerprint density at radius 3 is 2.68 bits per heavy atom. The number of nitrogens with one attached hydrogen (secondary N) is 1. The van der Waals surface area contributed by atoms with Gasteiger partial charge in [0, 0.05) is 12.1 Å². The zero-order valence-corrected chi connectivity index (χ0v) is 10.8. The summed E-state index contributed by atoms with van der Waals surface area (Å²) >= 11 is 0. The molecule has 2 aromatic rings. The maximum Gasteiger partial charge on any atom is 0.305 e. The highest BCUT2D eigenvalue weighted by Crippen LogP contribution is 2.02. The van der Waals surface area contributed by atoms with Crippen LogP contribution in [0.3, 0.4) is 0 Å². The lowest BCUT2D eigenvalue weighted by Crippen LogP contribution is -2.40. The minimum Gasteiger partial charge on any atom is -0.266 e. The van der Waals surface area contributed by atoms with Crippen molar-refractivity contribution in [2.75, 3.05) is 0 Å². The minimum absolute atomic E-state index is 0.152. The van der Waals surface area contributed by atoms with Gasteiger partial charge in [-0.25, -0.2) is 5.43 Å². The fraction of sp³-hybridized carbons (Fsp3) is 0.133. The van der Waals surface area contributed by atoms with Crippen molar-refractivity contribution in [1.29, 1.82) is 0 Å². The third-order valence-corrected chi connectivity index (χ3v) is 2.68. The van der Waals surface area contributed by atoms with Crippen LogP contribution >= 0.6 is 0 Å². The lowest BCUT2D eigenvalue weighted by Gasteiger charge is -1.99.